The summed E-state index contributed by atoms with van der Waals surface area (Å²) in [4.78, 5) is 12.0. The van der Waals surface area contributed by atoms with Gasteiger partial charge in [0.05, 0.1) is 0 Å². The third-order valence-electron chi connectivity index (χ3n) is 4.18. The quantitative estimate of drug-likeness (QED) is 0.464. The third kappa shape index (κ3) is 8.21. The van der Waals surface area contributed by atoms with Gasteiger partial charge < -0.3 is 5.32 Å². The van der Waals surface area contributed by atoms with Crippen LogP contribution in [0, 0.1) is 0 Å². The summed E-state index contributed by atoms with van der Waals surface area (Å²) < 4.78 is 0. The summed E-state index contributed by atoms with van der Waals surface area (Å²) in [7, 11) is 0. The fourth-order valence-corrected chi connectivity index (χ4v) is 2.76. The molecule has 0 fully saturated rings. The van der Waals surface area contributed by atoms with Crippen LogP contribution >= 0.6 is 0 Å². The number of carbonyl (C=O) groups is 1. The number of aryl methyl sites for hydroxylation is 1. The van der Waals surface area contributed by atoms with E-state index in [1.165, 1.54) is 56.9 Å². The maximum Gasteiger partial charge on any atom is 0.224 e. The Morgan fingerprint density at radius 2 is 1.45 bits per heavy atom. The van der Waals surface area contributed by atoms with Crippen molar-refractivity contribution in [1.82, 2.24) is 0 Å². The number of nitrogens with one attached hydrogen (secondary N) is 1. The summed E-state index contributed by atoms with van der Waals surface area (Å²) in [6.07, 6.45) is 13.2. The van der Waals surface area contributed by atoms with Crippen LogP contribution in [-0.2, 0) is 11.2 Å². The van der Waals surface area contributed by atoms with Crippen molar-refractivity contribution in [3.05, 3.63) is 29.8 Å². The lowest BCUT2D eigenvalue weighted by Gasteiger charge is -2.09. The van der Waals surface area contributed by atoms with Gasteiger partial charge in [0.25, 0.3) is 0 Å². The highest BCUT2D eigenvalue weighted by molar-refractivity contribution is 5.91. The van der Waals surface area contributed by atoms with Gasteiger partial charge in [0.2, 0.25) is 5.91 Å². The Labute approximate surface area is 136 Å². The molecule has 0 unspecified atom stereocenters. The van der Waals surface area contributed by atoms with Crippen LogP contribution in [0.5, 0.6) is 0 Å². The number of amides is 1. The molecule has 0 aromatic heterocycles. The molecule has 0 aliphatic carbocycles. The van der Waals surface area contributed by atoms with E-state index in [9.17, 15) is 4.79 Å². The molecule has 0 heterocycles. The first kappa shape index (κ1) is 18.7. The average Bonchev–Trinajstić information content (AvgIpc) is 2.54. The van der Waals surface area contributed by atoms with Crippen LogP contribution in [0.25, 0.3) is 0 Å². The molecule has 0 aliphatic rings. The number of unbranched alkanes of at least 4 members (excludes halogenated alkanes) is 8. The van der Waals surface area contributed by atoms with Crippen LogP contribution in [0.4, 0.5) is 5.69 Å². The molecule has 1 amide bonds. The second-order valence-electron chi connectivity index (χ2n) is 6.14. The van der Waals surface area contributed by atoms with Gasteiger partial charge in [0.15, 0.2) is 0 Å². The van der Waals surface area contributed by atoms with Gasteiger partial charge in [0.1, 0.15) is 0 Å². The Hall–Kier alpha value is -1.31. The Morgan fingerprint density at radius 1 is 0.864 bits per heavy atom. The molecule has 0 saturated carbocycles. The van der Waals surface area contributed by atoms with E-state index < -0.39 is 0 Å². The molecule has 22 heavy (non-hydrogen) atoms. The largest absolute Gasteiger partial charge is 0.326 e. The molecular formula is C20H33NO. The van der Waals surface area contributed by atoms with E-state index in [0.29, 0.717) is 6.42 Å². The van der Waals surface area contributed by atoms with Gasteiger partial charge in [-0.1, -0.05) is 83.4 Å². The van der Waals surface area contributed by atoms with E-state index in [1.54, 1.807) is 0 Å². The number of carbonyl (C=O) groups excluding carboxylic acids is 1. The molecule has 124 valence electrons. The minimum atomic E-state index is 0.156. The fraction of sp³-hybridized carbons (Fsp3) is 0.650. The second kappa shape index (κ2) is 12.3. The summed E-state index contributed by atoms with van der Waals surface area (Å²) in [6, 6.07) is 8.07. The highest BCUT2D eigenvalue weighted by Gasteiger charge is 2.05. The number of hydrogen-bond donors (Lipinski definition) is 1. The van der Waals surface area contributed by atoms with Gasteiger partial charge in [0, 0.05) is 12.1 Å². The van der Waals surface area contributed by atoms with E-state index in [1.807, 2.05) is 18.2 Å². The first-order valence-corrected chi connectivity index (χ1v) is 9.15. The first-order chi connectivity index (χ1) is 10.8. The van der Waals surface area contributed by atoms with Crippen LogP contribution in [0.15, 0.2) is 24.3 Å². The number of rotatable bonds is 12. The highest BCUT2D eigenvalue weighted by atomic mass is 16.1. The van der Waals surface area contributed by atoms with Crippen LogP contribution in [-0.4, -0.2) is 5.91 Å². The van der Waals surface area contributed by atoms with E-state index in [0.717, 1.165) is 18.5 Å². The van der Waals surface area contributed by atoms with Crippen molar-refractivity contribution in [1.29, 1.82) is 0 Å². The highest BCUT2D eigenvalue weighted by Crippen LogP contribution is 2.16. The molecule has 0 spiro atoms. The summed E-state index contributed by atoms with van der Waals surface area (Å²) in [5.41, 5.74) is 2.19. The molecule has 1 rings (SSSR count). The lowest BCUT2D eigenvalue weighted by molar-refractivity contribution is -0.116. The topological polar surface area (TPSA) is 29.1 Å². The third-order valence-corrected chi connectivity index (χ3v) is 4.18. The first-order valence-electron chi connectivity index (χ1n) is 9.15. The lowest BCUT2D eigenvalue weighted by atomic mass is 10.1. The van der Waals surface area contributed by atoms with Gasteiger partial charge in [-0.2, -0.15) is 0 Å². The van der Waals surface area contributed by atoms with Crippen LogP contribution in [0.1, 0.15) is 83.6 Å². The zero-order valence-electron chi connectivity index (χ0n) is 14.5. The van der Waals surface area contributed by atoms with Crippen molar-refractivity contribution in [3.8, 4) is 0 Å². The van der Waals surface area contributed by atoms with Crippen LogP contribution in [0.2, 0.25) is 0 Å². The van der Waals surface area contributed by atoms with Crippen molar-refractivity contribution in [2.75, 3.05) is 5.32 Å². The van der Waals surface area contributed by atoms with E-state index in [2.05, 4.69) is 25.2 Å². The summed E-state index contributed by atoms with van der Waals surface area (Å²) in [6.45, 7) is 4.37. The van der Waals surface area contributed by atoms with Gasteiger partial charge in [-0.25, -0.2) is 0 Å². The molecule has 0 aliphatic heterocycles. The SMILES string of the molecule is CCCCCCCCCCCC(=O)Nc1ccccc1CC. The zero-order valence-corrected chi connectivity index (χ0v) is 14.5. The Balaban J connectivity index is 2.06. The van der Waals surface area contributed by atoms with E-state index in [-0.39, 0.29) is 5.91 Å². The summed E-state index contributed by atoms with van der Waals surface area (Å²) in [5, 5.41) is 3.05. The predicted molar refractivity (Wildman–Crippen MR) is 96.3 cm³/mol. The smallest absolute Gasteiger partial charge is 0.224 e. The summed E-state index contributed by atoms with van der Waals surface area (Å²) in [5.74, 6) is 0.156. The molecule has 0 saturated heterocycles. The fourth-order valence-electron chi connectivity index (χ4n) is 2.76. The average molecular weight is 303 g/mol. The molecule has 0 radical (unpaired) electrons. The van der Waals surface area contributed by atoms with Crippen molar-refractivity contribution < 1.29 is 4.79 Å². The second-order valence-corrected chi connectivity index (χ2v) is 6.14. The van der Waals surface area contributed by atoms with E-state index >= 15 is 0 Å². The van der Waals surface area contributed by atoms with Crippen molar-refractivity contribution in [3.63, 3.8) is 0 Å². The number of para-hydroxylation sites is 1. The van der Waals surface area contributed by atoms with Gasteiger partial charge in [-0.05, 0) is 24.5 Å². The number of benzene rings is 1. The Kier molecular flexibility index (Phi) is 10.4. The van der Waals surface area contributed by atoms with Crippen molar-refractivity contribution in [2.45, 2.75) is 84.5 Å². The van der Waals surface area contributed by atoms with Crippen LogP contribution < -0.4 is 5.32 Å². The minimum absolute atomic E-state index is 0.156. The molecule has 2 heteroatoms. The number of anilines is 1. The monoisotopic (exact) mass is 303 g/mol. The maximum atomic E-state index is 12.0. The van der Waals surface area contributed by atoms with Gasteiger partial charge in [-0.15, -0.1) is 0 Å². The van der Waals surface area contributed by atoms with Crippen LogP contribution in [0.3, 0.4) is 0 Å². The molecule has 0 bridgehead atoms. The molecule has 1 N–H and O–H groups in total. The molecule has 0 atom stereocenters. The zero-order chi connectivity index (χ0) is 16.0. The van der Waals surface area contributed by atoms with Crippen molar-refractivity contribution in [2.24, 2.45) is 0 Å². The maximum absolute atomic E-state index is 12.0. The molecular weight excluding hydrogens is 270 g/mol. The van der Waals surface area contributed by atoms with Gasteiger partial charge in [-0.3, -0.25) is 4.79 Å². The minimum Gasteiger partial charge on any atom is -0.326 e. The Morgan fingerprint density at radius 3 is 2.09 bits per heavy atom. The molecule has 1 aromatic carbocycles. The molecule has 1 aromatic rings. The van der Waals surface area contributed by atoms with Gasteiger partial charge >= 0.3 is 0 Å². The summed E-state index contributed by atoms with van der Waals surface area (Å²) >= 11 is 0. The number of hydrogen-bond acceptors (Lipinski definition) is 1. The predicted octanol–water partition coefficient (Wildman–Crippen LogP) is 6.11. The van der Waals surface area contributed by atoms with E-state index in [4.69, 9.17) is 0 Å². The Bertz CT molecular complexity index is 414. The normalized spacial score (nSPS) is 10.6. The lowest BCUT2D eigenvalue weighted by Crippen LogP contribution is -2.12. The van der Waals surface area contributed by atoms with Crippen molar-refractivity contribution >= 4 is 11.6 Å². The standard InChI is InChI=1S/C20H33NO/c1-3-5-6-7-8-9-10-11-12-17-20(22)21-19-16-14-13-15-18(19)4-2/h13-16H,3-12,17H2,1-2H3,(H,21,22). The molecule has 2 nitrogen and oxygen atoms in total.